The number of nitrogens with zero attached hydrogens (tertiary/aromatic N) is 3. The minimum absolute atomic E-state index is 0.0494. The highest BCUT2D eigenvalue weighted by Gasteiger charge is 2.32. The Morgan fingerprint density at radius 3 is 2.78 bits per heavy atom. The van der Waals surface area contributed by atoms with Gasteiger partial charge in [0.1, 0.15) is 5.69 Å². The van der Waals surface area contributed by atoms with Crippen LogP contribution in [0, 0.1) is 0 Å². The first-order valence-corrected chi connectivity index (χ1v) is 9.38. The molecule has 1 atom stereocenters. The lowest BCUT2D eigenvalue weighted by Gasteiger charge is -2.20. The van der Waals surface area contributed by atoms with Crippen molar-refractivity contribution in [2.24, 2.45) is 0 Å². The Labute approximate surface area is 158 Å². The van der Waals surface area contributed by atoms with Crippen molar-refractivity contribution in [2.75, 3.05) is 12.3 Å². The number of amides is 2. The highest BCUT2D eigenvalue weighted by atomic mass is 16.2. The molecule has 0 saturated carbocycles. The fraction of sp³-hybridized carbons (Fsp3) is 0.400. The van der Waals surface area contributed by atoms with Crippen LogP contribution >= 0.6 is 0 Å². The topological polar surface area (TPSA) is 101 Å². The number of aryl methyl sites for hydroxylation is 1. The molecule has 7 nitrogen and oxygen atoms in total. The lowest BCUT2D eigenvalue weighted by Crippen LogP contribution is -2.38. The standard InChI is InChI=1S/C20H23N5O2/c21-20-23-16-9-5-4-8-15(16)18(24-20)19(27)22-14-10-17(26)25(12-14)11-13-6-2-1-3-7-13/h1-3,6-7,14H,4-5,8-12H2,(H,22,27)(H2,21,23,24). The van der Waals surface area contributed by atoms with Gasteiger partial charge in [-0.15, -0.1) is 0 Å². The molecule has 0 radical (unpaired) electrons. The maximum atomic E-state index is 12.8. The fourth-order valence-electron chi connectivity index (χ4n) is 3.88. The lowest BCUT2D eigenvalue weighted by molar-refractivity contribution is -0.128. The highest BCUT2D eigenvalue weighted by Crippen LogP contribution is 2.23. The Morgan fingerprint density at radius 1 is 1.19 bits per heavy atom. The number of likely N-dealkylation sites (tertiary alicyclic amines) is 1. The van der Waals surface area contributed by atoms with Crippen LogP contribution in [0.3, 0.4) is 0 Å². The second kappa shape index (κ2) is 7.34. The SMILES string of the molecule is Nc1nc2c(c(C(=O)NC3CC(=O)N(Cc4ccccc4)C3)n1)CCCC2. The van der Waals surface area contributed by atoms with Gasteiger partial charge < -0.3 is 16.0 Å². The van der Waals surface area contributed by atoms with Crippen LogP contribution in [0.4, 0.5) is 5.95 Å². The number of aromatic nitrogens is 2. The molecule has 0 bridgehead atoms. The summed E-state index contributed by atoms with van der Waals surface area (Å²) in [4.78, 5) is 35.4. The van der Waals surface area contributed by atoms with Crippen molar-refractivity contribution in [1.82, 2.24) is 20.2 Å². The predicted molar refractivity (Wildman–Crippen MR) is 101 cm³/mol. The van der Waals surface area contributed by atoms with Gasteiger partial charge in [-0.3, -0.25) is 9.59 Å². The van der Waals surface area contributed by atoms with Crippen LogP contribution < -0.4 is 11.1 Å². The molecule has 140 valence electrons. The maximum absolute atomic E-state index is 12.8. The van der Waals surface area contributed by atoms with Crippen LogP contribution in [0.15, 0.2) is 30.3 Å². The van der Waals surface area contributed by atoms with Gasteiger partial charge in [-0.2, -0.15) is 0 Å². The third kappa shape index (κ3) is 3.77. The van der Waals surface area contributed by atoms with E-state index in [-0.39, 0.29) is 23.8 Å². The summed E-state index contributed by atoms with van der Waals surface area (Å²) in [5, 5.41) is 2.97. The molecule has 2 amide bonds. The van der Waals surface area contributed by atoms with Crippen molar-refractivity contribution in [2.45, 2.75) is 44.7 Å². The minimum Gasteiger partial charge on any atom is -0.368 e. The van der Waals surface area contributed by atoms with Gasteiger partial charge in [0, 0.05) is 30.8 Å². The average molecular weight is 365 g/mol. The zero-order chi connectivity index (χ0) is 18.8. The summed E-state index contributed by atoms with van der Waals surface area (Å²) < 4.78 is 0. The third-order valence-electron chi connectivity index (χ3n) is 5.18. The number of hydrogen-bond donors (Lipinski definition) is 2. The van der Waals surface area contributed by atoms with E-state index in [1.54, 1.807) is 4.90 Å². The summed E-state index contributed by atoms with van der Waals surface area (Å²) >= 11 is 0. The fourth-order valence-corrected chi connectivity index (χ4v) is 3.88. The van der Waals surface area contributed by atoms with Crippen LogP contribution in [0.1, 0.15) is 46.6 Å². The summed E-state index contributed by atoms with van der Waals surface area (Å²) in [5.74, 6) is -0.0796. The molecule has 2 aliphatic rings. The second-order valence-electron chi connectivity index (χ2n) is 7.20. The number of nitrogens with one attached hydrogen (secondary N) is 1. The van der Waals surface area contributed by atoms with E-state index < -0.39 is 0 Å². The molecule has 1 aliphatic heterocycles. The van der Waals surface area contributed by atoms with Crippen LogP contribution in [0.25, 0.3) is 0 Å². The Morgan fingerprint density at radius 2 is 1.96 bits per heavy atom. The second-order valence-corrected chi connectivity index (χ2v) is 7.20. The van der Waals surface area contributed by atoms with Gasteiger partial charge in [0.2, 0.25) is 11.9 Å². The molecular weight excluding hydrogens is 342 g/mol. The Balaban J connectivity index is 1.45. The molecule has 1 aliphatic carbocycles. The summed E-state index contributed by atoms with van der Waals surface area (Å²) in [6.45, 7) is 1.06. The smallest absolute Gasteiger partial charge is 0.270 e. The van der Waals surface area contributed by atoms with Gasteiger partial charge >= 0.3 is 0 Å². The van der Waals surface area contributed by atoms with Crippen molar-refractivity contribution in [3.05, 3.63) is 52.8 Å². The lowest BCUT2D eigenvalue weighted by atomic mass is 9.94. The average Bonchev–Trinajstić information content (AvgIpc) is 3.00. The summed E-state index contributed by atoms with van der Waals surface area (Å²) in [5.41, 5.74) is 9.02. The van der Waals surface area contributed by atoms with Crippen molar-refractivity contribution < 1.29 is 9.59 Å². The third-order valence-corrected chi connectivity index (χ3v) is 5.18. The van der Waals surface area contributed by atoms with E-state index in [4.69, 9.17) is 5.73 Å². The van der Waals surface area contributed by atoms with Crippen molar-refractivity contribution >= 4 is 17.8 Å². The molecule has 27 heavy (non-hydrogen) atoms. The highest BCUT2D eigenvalue weighted by molar-refractivity contribution is 5.95. The van der Waals surface area contributed by atoms with Crippen molar-refractivity contribution in [3.8, 4) is 0 Å². The molecule has 1 fully saturated rings. The number of nitrogens with two attached hydrogens (primary N) is 1. The Kier molecular flexibility index (Phi) is 4.75. The zero-order valence-corrected chi connectivity index (χ0v) is 15.1. The molecule has 3 N–H and O–H groups in total. The quantitative estimate of drug-likeness (QED) is 0.854. The largest absolute Gasteiger partial charge is 0.368 e. The summed E-state index contributed by atoms with van der Waals surface area (Å²) in [6.07, 6.45) is 4.00. The molecule has 4 rings (SSSR count). The number of carbonyl (C=O) groups excluding carboxylic acids is 2. The van der Waals surface area contributed by atoms with E-state index >= 15 is 0 Å². The van der Waals surface area contributed by atoms with Crippen LogP contribution in [0.2, 0.25) is 0 Å². The number of hydrogen-bond acceptors (Lipinski definition) is 5. The first-order chi connectivity index (χ1) is 13.1. The first kappa shape index (κ1) is 17.5. The zero-order valence-electron chi connectivity index (χ0n) is 15.1. The molecule has 2 heterocycles. The molecule has 0 spiro atoms. The van der Waals surface area contributed by atoms with Crippen LogP contribution in [-0.2, 0) is 24.2 Å². The number of anilines is 1. The summed E-state index contributed by atoms with van der Waals surface area (Å²) in [6, 6.07) is 9.64. The van der Waals surface area contributed by atoms with Crippen LogP contribution in [-0.4, -0.2) is 39.3 Å². The van der Waals surface area contributed by atoms with E-state index in [0.29, 0.717) is 25.2 Å². The Bertz CT molecular complexity index is 868. The molecule has 1 unspecified atom stereocenters. The van der Waals surface area contributed by atoms with Crippen molar-refractivity contribution in [1.29, 1.82) is 0 Å². The monoisotopic (exact) mass is 365 g/mol. The molecule has 1 aromatic carbocycles. The predicted octanol–water partition coefficient (Wildman–Crippen LogP) is 1.47. The molecule has 1 aromatic heterocycles. The molecule has 2 aromatic rings. The van der Waals surface area contributed by atoms with E-state index in [0.717, 1.165) is 42.5 Å². The summed E-state index contributed by atoms with van der Waals surface area (Å²) in [7, 11) is 0. The van der Waals surface area contributed by atoms with Gasteiger partial charge in [-0.25, -0.2) is 9.97 Å². The van der Waals surface area contributed by atoms with Gasteiger partial charge in [0.15, 0.2) is 0 Å². The molecule has 1 saturated heterocycles. The number of benzene rings is 1. The van der Waals surface area contributed by atoms with Gasteiger partial charge in [0.05, 0.1) is 6.04 Å². The molecular formula is C20H23N5O2. The van der Waals surface area contributed by atoms with E-state index in [2.05, 4.69) is 15.3 Å². The minimum atomic E-state index is -0.262. The van der Waals surface area contributed by atoms with E-state index in [1.165, 1.54) is 0 Å². The normalized spacial score (nSPS) is 19.0. The maximum Gasteiger partial charge on any atom is 0.270 e. The van der Waals surface area contributed by atoms with E-state index in [1.807, 2.05) is 30.3 Å². The number of fused-ring (bicyclic) bond motifs is 1. The van der Waals surface area contributed by atoms with Crippen molar-refractivity contribution in [3.63, 3.8) is 0 Å². The number of nitrogen functional groups attached to an aromatic ring is 1. The van der Waals surface area contributed by atoms with Gasteiger partial charge in [0.25, 0.3) is 5.91 Å². The van der Waals surface area contributed by atoms with Gasteiger partial charge in [-0.1, -0.05) is 30.3 Å². The van der Waals surface area contributed by atoms with Crippen LogP contribution in [0.5, 0.6) is 0 Å². The van der Waals surface area contributed by atoms with Gasteiger partial charge in [-0.05, 0) is 31.2 Å². The number of carbonyl (C=O) groups is 2. The number of rotatable bonds is 4. The van der Waals surface area contributed by atoms with E-state index in [9.17, 15) is 9.59 Å². The molecule has 7 heteroatoms. The Hall–Kier alpha value is -2.96. The first-order valence-electron chi connectivity index (χ1n) is 9.38.